The molecule has 0 aromatic heterocycles. The maximum Gasteiger partial charge on any atom is 0.140 e. The summed E-state index contributed by atoms with van der Waals surface area (Å²) in [6.45, 7) is 2.27. The lowest BCUT2D eigenvalue weighted by atomic mass is 9.79. The lowest BCUT2D eigenvalue weighted by Crippen LogP contribution is -2.23. The second-order valence-electron chi connectivity index (χ2n) is 6.29. The molecule has 0 spiro atoms. The summed E-state index contributed by atoms with van der Waals surface area (Å²) in [5.74, 6) is 1.45. The molecule has 104 valence electrons. The van der Waals surface area contributed by atoms with E-state index < -0.39 is 0 Å². The highest BCUT2D eigenvalue weighted by molar-refractivity contribution is 5.87. The molecule has 0 N–H and O–H groups in total. The van der Waals surface area contributed by atoms with Crippen LogP contribution in [0, 0.1) is 11.8 Å². The predicted octanol–water partition coefficient (Wildman–Crippen LogP) is 4.78. The Kier molecular flexibility index (Phi) is 3.86. The van der Waals surface area contributed by atoms with Crippen molar-refractivity contribution >= 4 is 16.6 Å². The van der Waals surface area contributed by atoms with E-state index in [9.17, 15) is 4.79 Å². The Balaban J connectivity index is 1.73. The second-order valence-corrected chi connectivity index (χ2v) is 6.29. The zero-order valence-corrected chi connectivity index (χ0v) is 12.1. The summed E-state index contributed by atoms with van der Waals surface area (Å²) in [7, 11) is 0. The number of rotatable bonds is 3. The molecule has 1 nitrogen and oxygen atoms in total. The Hall–Kier alpha value is -1.63. The fourth-order valence-corrected chi connectivity index (χ4v) is 3.42. The van der Waals surface area contributed by atoms with Gasteiger partial charge < -0.3 is 0 Å². The van der Waals surface area contributed by atoms with Crippen LogP contribution in [0.15, 0.2) is 42.5 Å². The fourth-order valence-electron chi connectivity index (χ4n) is 3.42. The molecule has 1 aliphatic rings. The van der Waals surface area contributed by atoms with Crippen molar-refractivity contribution in [3.05, 3.63) is 48.0 Å². The van der Waals surface area contributed by atoms with Gasteiger partial charge in [-0.15, -0.1) is 0 Å². The van der Waals surface area contributed by atoms with E-state index in [1.54, 1.807) is 0 Å². The topological polar surface area (TPSA) is 17.1 Å². The highest BCUT2D eigenvalue weighted by atomic mass is 16.1. The molecule has 3 rings (SSSR count). The first-order valence-electron chi connectivity index (χ1n) is 7.73. The van der Waals surface area contributed by atoms with Gasteiger partial charge in [0.15, 0.2) is 0 Å². The third-order valence-electron chi connectivity index (χ3n) is 4.58. The standard InChI is InChI=1S/C19H22O/c1-14-5-4-8-18(11-14)19(20)13-15-9-10-16-6-2-3-7-17(16)12-15/h2-3,6-7,9-10,12,14,18H,4-5,8,11,13H2,1H3. The number of carbonyl (C=O) groups is 1. The monoisotopic (exact) mass is 266 g/mol. The van der Waals surface area contributed by atoms with Gasteiger partial charge in [0, 0.05) is 12.3 Å². The number of Topliss-reactive ketones (excluding diaryl/α,β-unsaturated/α-hetero) is 1. The Morgan fingerprint density at radius 1 is 1.10 bits per heavy atom. The van der Waals surface area contributed by atoms with Gasteiger partial charge in [-0.3, -0.25) is 4.79 Å². The molecule has 2 aromatic rings. The van der Waals surface area contributed by atoms with Crippen LogP contribution in [0.5, 0.6) is 0 Å². The quantitative estimate of drug-likeness (QED) is 0.781. The molecule has 0 heterocycles. The van der Waals surface area contributed by atoms with Crippen molar-refractivity contribution < 1.29 is 4.79 Å². The van der Waals surface area contributed by atoms with Gasteiger partial charge >= 0.3 is 0 Å². The van der Waals surface area contributed by atoms with Crippen LogP contribution >= 0.6 is 0 Å². The van der Waals surface area contributed by atoms with Crippen LogP contribution in [0.3, 0.4) is 0 Å². The zero-order valence-electron chi connectivity index (χ0n) is 12.1. The first-order chi connectivity index (χ1) is 9.72. The van der Waals surface area contributed by atoms with E-state index in [1.807, 2.05) is 0 Å². The summed E-state index contributed by atoms with van der Waals surface area (Å²) in [6, 6.07) is 14.7. The maximum absolute atomic E-state index is 12.4. The maximum atomic E-state index is 12.4. The van der Waals surface area contributed by atoms with Gasteiger partial charge in [0.05, 0.1) is 0 Å². The van der Waals surface area contributed by atoms with E-state index in [1.165, 1.54) is 23.6 Å². The first-order valence-corrected chi connectivity index (χ1v) is 7.73. The van der Waals surface area contributed by atoms with E-state index >= 15 is 0 Å². The van der Waals surface area contributed by atoms with Crippen LogP contribution in [0.25, 0.3) is 10.8 Å². The minimum atomic E-state index is 0.297. The third-order valence-corrected chi connectivity index (χ3v) is 4.58. The molecule has 0 saturated heterocycles. The molecule has 2 unspecified atom stereocenters. The normalized spacial score (nSPS) is 22.9. The van der Waals surface area contributed by atoms with E-state index in [2.05, 4.69) is 49.4 Å². The molecule has 0 bridgehead atoms. The number of ketones is 1. The minimum absolute atomic E-state index is 0.297. The Morgan fingerprint density at radius 2 is 1.90 bits per heavy atom. The summed E-state index contributed by atoms with van der Waals surface area (Å²) in [6.07, 6.45) is 5.29. The highest BCUT2D eigenvalue weighted by Crippen LogP contribution is 2.30. The molecule has 1 heteroatoms. The highest BCUT2D eigenvalue weighted by Gasteiger charge is 2.24. The van der Waals surface area contributed by atoms with Crippen molar-refractivity contribution in [2.24, 2.45) is 11.8 Å². The van der Waals surface area contributed by atoms with Gasteiger partial charge in [-0.1, -0.05) is 62.2 Å². The van der Waals surface area contributed by atoms with Crippen LogP contribution in [0.2, 0.25) is 0 Å². The Labute approximate surface area is 121 Å². The van der Waals surface area contributed by atoms with Crippen molar-refractivity contribution in [1.29, 1.82) is 0 Å². The molecule has 0 amide bonds. The molecule has 1 fully saturated rings. The van der Waals surface area contributed by atoms with E-state index in [4.69, 9.17) is 0 Å². The first kappa shape index (κ1) is 13.4. The average molecular weight is 266 g/mol. The number of carbonyl (C=O) groups excluding carboxylic acids is 1. The van der Waals surface area contributed by atoms with E-state index in [-0.39, 0.29) is 0 Å². The van der Waals surface area contributed by atoms with Gasteiger partial charge in [-0.25, -0.2) is 0 Å². The van der Waals surface area contributed by atoms with Gasteiger partial charge in [-0.2, -0.15) is 0 Å². The van der Waals surface area contributed by atoms with Crippen molar-refractivity contribution in [2.45, 2.75) is 39.0 Å². The number of fused-ring (bicyclic) bond motifs is 1. The summed E-state index contributed by atoms with van der Waals surface area (Å²) in [5.41, 5.74) is 1.16. The molecule has 0 aliphatic heterocycles. The SMILES string of the molecule is CC1CCCC(C(=O)Cc2ccc3ccccc3c2)C1. The smallest absolute Gasteiger partial charge is 0.140 e. The third kappa shape index (κ3) is 2.92. The second kappa shape index (κ2) is 5.78. The molecule has 0 radical (unpaired) electrons. The number of hydrogen-bond acceptors (Lipinski definition) is 1. The summed E-state index contributed by atoms with van der Waals surface area (Å²) in [4.78, 5) is 12.4. The lowest BCUT2D eigenvalue weighted by molar-refractivity contribution is -0.123. The van der Waals surface area contributed by atoms with Crippen molar-refractivity contribution in [2.75, 3.05) is 0 Å². The fraction of sp³-hybridized carbons (Fsp3) is 0.421. The molecular formula is C19H22O. The number of hydrogen-bond donors (Lipinski definition) is 0. The average Bonchev–Trinajstić information content (AvgIpc) is 2.47. The van der Waals surface area contributed by atoms with Crippen molar-refractivity contribution in [3.8, 4) is 0 Å². The summed E-state index contributed by atoms with van der Waals surface area (Å²) >= 11 is 0. The Morgan fingerprint density at radius 3 is 2.70 bits per heavy atom. The number of benzene rings is 2. The van der Waals surface area contributed by atoms with Crippen molar-refractivity contribution in [1.82, 2.24) is 0 Å². The van der Waals surface area contributed by atoms with Gasteiger partial charge in [0.1, 0.15) is 5.78 Å². The zero-order chi connectivity index (χ0) is 13.9. The van der Waals surface area contributed by atoms with E-state index in [0.717, 1.165) is 18.4 Å². The molecule has 20 heavy (non-hydrogen) atoms. The Bertz CT molecular complexity index is 614. The summed E-state index contributed by atoms with van der Waals surface area (Å²) in [5, 5.41) is 2.48. The molecular weight excluding hydrogens is 244 g/mol. The van der Waals surface area contributed by atoms with Crippen molar-refractivity contribution in [3.63, 3.8) is 0 Å². The molecule has 1 aliphatic carbocycles. The van der Waals surface area contributed by atoms with E-state index in [0.29, 0.717) is 24.0 Å². The van der Waals surface area contributed by atoms with Crippen LogP contribution in [-0.2, 0) is 11.2 Å². The molecule has 1 saturated carbocycles. The minimum Gasteiger partial charge on any atom is -0.299 e. The largest absolute Gasteiger partial charge is 0.299 e. The van der Waals surface area contributed by atoms with Gasteiger partial charge in [0.2, 0.25) is 0 Å². The molecule has 2 atom stereocenters. The van der Waals surface area contributed by atoms with Crippen LogP contribution in [0.4, 0.5) is 0 Å². The summed E-state index contributed by atoms with van der Waals surface area (Å²) < 4.78 is 0. The lowest BCUT2D eigenvalue weighted by Gasteiger charge is -2.25. The molecule has 2 aromatic carbocycles. The van der Waals surface area contributed by atoms with Gasteiger partial charge in [-0.05, 0) is 35.1 Å². The van der Waals surface area contributed by atoms with Gasteiger partial charge in [0.25, 0.3) is 0 Å². The van der Waals surface area contributed by atoms with Crippen LogP contribution in [-0.4, -0.2) is 5.78 Å². The predicted molar refractivity (Wildman–Crippen MR) is 83.8 cm³/mol. The van der Waals surface area contributed by atoms with Crippen LogP contribution < -0.4 is 0 Å². The van der Waals surface area contributed by atoms with Crippen LogP contribution in [0.1, 0.15) is 38.2 Å².